The van der Waals surface area contributed by atoms with Crippen LogP contribution in [0.1, 0.15) is 30.1 Å². The molecule has 1 aromatic rings. The van der Waals surface area contributed by atoms with Gasteiger partial charge in [-0.25, -0.2) is 0 Å². The van der Waals surface area contributed by atoms with E-state index in [9.17, 15) is 9.59 Å². The van der Waals surface area contributed by atoms with Crippen molar-refractivity contribution in [3.8, 4) is 0 Å². The first-order valence-corrected chi connectivity index (χ1v) is 5.89. The molecule has 0 bridgehead atoms. The predicted molar refractivity (Wildman–Crippen MR) is 65.4 cm³/mol. The number of rotatable bonds is 2. The molecule has 4 nitrogen and oxygen atoms in total. The van der Waals surface area contributed by atoms with E-state index in [0.29, 0.717) is 11.6 Å². The van der Waals surface area contributed by atoms with Gasteiger partial charge in [0.05, 0.1) is 11.4 Å². The van der Waals surface area contributed by atoms with Crippen LogP contribution in [0.5, 0.6) is 0 Å². The second-order valence-electron chi connectivity index (χ2n) is 4.70. The van der Waals surface area contributed by atoms with E-state index in [1.54, 1.807) is 12.1 Å². The lowest BCUT2D eigenvalue weighted by Crippen LogP contribution is -2.47. The fraction of sp³-hybridized carbons (Fsp3) is 0.385. The summed E-state index contributed by atoms with van der Waals surface area (Å²) in [5.74, 6) is 0.00690. The van der Waals surface area contributed by atoms with Gasteiger partial charge in [0.15, 0.2) is 0 Å². The van der Waals surface area contributed by atoms with Gasteiger partial charge < -0.3 is 10.2 Å². The maximum atomic E-state index is 11.9. The van der Waals surface area contributed by atoms with E-state index >= 15 is 0 Å². The average molecular weight is 230 g/mol. The number of fused-ring (bicyclic) bond motifs is 1. The lowest BCUT2D eigenvalue weighted by molar-refractivity contribution is -0.117. The van der Waals surface area contributed by atoms with Gasteiger partial charge in [-0.1, -0.05) is 0 Å². The third-order valence-electron chi connectivity index (χ3n) is 3.43. The van der Waals surface area contributed by atoms with Crippen molar-refractivity contribution in [2.45, 2.75) is 31.8 Å². The Morgan fingerprint density at radius 1 is 1.41 bits per heavy atom. The van der Waals surface area contributed by atoms with Crippen LogP contribution in [0.3, 0.4) is 0 Å². The summed E-state index contributed by atoms with van der Waals surface area (Å²) in [5, 5.41) is 2.86. The topological polar surface area (TPSA) is 49.4 Å². The van der Waals surface area contributed by atoms with Crippen molar-refractivity contribution in [2.75, 3.05) is 10.2 Å². The number of carbonyl (C=O) groups is 2. The molecule has 1 amide bonds. The van der Waals surface area contributed by atoms with Crippen LogP contribution in [-0.4, -0.2) is 24.3 Å². The van der Waals surface area contributed by atoms with Gasteiger partial charge in [-0.3, -0.25) is 9.59 Å². The van der Waals surface area contributed by atoms with Gasteiger partial charge in [0, 0.05) is 11.6 Å². The lowest BCUT2D eigenvalue weighted by atomic mass is 10.1. The van der Waals surface area contributed by atoms with Crippen LogP contribution < -0.4 is 10.2 Å². The molecular formula is C13H14N2O2. The highest BCUT2D eigenvalue weighted by Crippen LogP contribution is 2.40. The van der Waals surface area contributed by atoms with Crippen LogP contribution in [0.2, 0.25) is 0 Å². The molecule has 1 N–H and O–H groups in total. The van der Waals surface area contributed by atoms with Crippen molar-refractivity contribution in [1.29, 1.82) is 0 Å². The molecule has 17 heavy (non-hydrogen) atoms. The SMILES string of the molecule is CC1C(=O)Nc2cc(C=O)ccc2N1C1CC1. The Hall–Kier alpha value is -1.84. The summed E-state index contributed by atoms with van der Waals surface area (Å²) >= 11 is 0. The molecule has 0 radical (unpaired) electrons. The number of hydrogen-bond acceptors (Lipinski definition) is 3. The highest BCUT2D eigenvalue weighted by Gasteiger charge is 2.39. The third kappa shape index (κ3) is 1.60. The molecule has 1 aromatic carbocycles. The number of nitrogens with zero attached hydrogens (tertiary/aromatic N) is 1. The Labute approximate surface area is 99.6 Å². The van der Waals surface area contributed by atoms with E-state index in [-0.39, 0.29) is 11.9 Å². The summed E-state index contributed by atoms with van der Waals surface area (Å²) in [7, 11) is 0. The van der Waals surface area contributed by atoms with Crippen molar-refractivity contribution in [1.82, 2.24) is 0 Å². The van der Waals surface area contributed by atoms with Crippen molar-refractivity contribution in [3.05, 3.63) is 23.8 Å². The maximum Gasteiger partial charge on any atom is 0.246 e. The smallest absolute Gasteiger partial charge is 0.246 e. The normalized spacial score (nSPS) is 23.0. The lowest BCUT2D eigenvalue weighted by Gasteiger charge is -2.36. The van der Waals surface area contributed by atoms with Crippen molar-refractivity contribution in [2.24, 2.45) is 0 Å². The van der Waals surface area contributed by atoms with Crippen LogP contribution in [0, 0.1) is 0 Å². The van der Waals surface area contributed by atoms with E-state index < -0.39 is 0 Å². The highest BCUT2D eigenvalue weighted by molar-refractivity contribution is 6.04. The van der Waals surface area contributed by atoms with Gasteiger partial charge in [0.25, 0.3) is 0 Å². The summed E-state index contributed by atoms with van der Waals surface area (Å²) in [6.45, 7) is 1.92. The molecule has 0 aromatic heterocycles. The zero-order valence-electron chi connectivity index (χ0n) is 9.64. The van der Waals surface area contributed by atoms with Crippen molar-refractivity contribution in [3.63, 3.8) is 0 Å². The second kappa shape index (κ2) is 3.58. The minimum absolute atomic E-state index is 0.00690. The van der Waals surface area contributed by atoms with Gasteiger partial charge in [-0.15, -0.1) is 0 Å². The minimum Gasteiger partial charge on any atom is -0.355 e. The molecule has 88 valence electrons. The number of hydrogen-bond donors (Lipinski definition) is 1. The number of benzene rings is 1. The summed E-state index contributed by atoms with van der Waals surface area (Å²) in [4.78, 5) is 24.8. The number of carbonyl (C=O) groups excluding carboxylic acids is 2. The average Bonchev–Trinajstić information content (AvgIpc) is 3.14. The molecule has 1 aliphatic heterocycles. The molecule has 1 fully saturated rings. The number of aldehydes is 1. The van der Waals surface area contributed by atoms with Crippen LogP contribution in [0.4, 0.5) is 11.4 Å². The summed E-state index contributed by atoms with van der Waals surface area (Å²) < 4.78 is 0. The molecule has 3 rings (SSSR count). The molecule has 1 saturated carbocycles. The van der Waals surface area contributed by atoms with E-state index in [4.69, 9.17) is 0 Å². The third-order valence-corrected chi connectivity index (χ3v) is 3.43. The summed E-state index contributed by atoms with van der Waals surface area (Å²) in [6.07, 6.45) is 3.09. The number of amides is 1. The van der Waals surface area contributed by atoms with Gasteiger partial charge >= 0.3 is 0 Å². The Bertz CT molecular complexity index is 494. The van der Waals surface area contributed by atoms with E-state index in [1.165, 1.54) is 0 Å². The fourth-order valence-corrected chi connectivity index (χ4v) is 2.39. The van der Waals surface area contributed by atoms with E-state index in [1.807, 2.05) is 13.0 Å². The highest BCUT2D eigenvalue weighted by atomic mass is 16.2. The molecule has 1 atom stereocenters. The van der Waals surface area contributed by atoms with Crippen LogP contribution >= 0.6 is 0 Å². The first-order chi connectivity index (χ1) is 8.20. The fourth-order valence-electron chi connectivity index (χ4n) is 2.39. The first kappa shape index (κ1) is 10.3. The predicted octanol–water partition coefficient (Wildman–Crippen LogP) is 1.81. The largest absolute Gasteiger partial charge is 0.355 e. The van der Waals surface area contributed by atoms with Crippen molar-refractivity contribution >= 4 is 23.6 Å². The van der Waals surface area contributed by atoms with Crippen LogP contribution in [-0.2, 0) is 4.79 Å². The standard InChI is InChI=1S/C13H14N2O2/c1-8-13(17)14-11-6-9(7-16)2-5-12(11)15(8)10-3-4-10/h2,5-8,10H,3-4H2,1H3,(H,14,17). The molecule has 1 unspecified atom stereocenters. The van der Waals surface area contributed by atoms with Gasteiger partial charge in [0.1, 0.15) is 12.3 Å². The molecule has 0 spiro atoms. The number of anilines is 2. The molecule has 2 aliphatic rings. The first-order valence-electron chi connectivity index (χ1n) is 5.89. The second-order valence-corrected chi connectivity index (χ2v) is 4.70. The van der Waals surface area contributed by atoms with E-state index in [0.717, 1.165) is 30.5 Å². The Morgan fingerprint density at radius 2 is 2.18 bits per heavy atom. The molecule has 1 heterocycles. The maximum absolute atomic E-state index is 11.9. The number of nitrogens with one attached hydrogen (secondary N) is 1. The van der Waals surface area contributed by atoms with Crippen molar-refractivity contribution < 1.29 is 9.59 Å². The molecule has 0 saturated heterocycles. The summed E-state index contributed by atoms with van der Waals surface area (Å²) in [6, 6.07) is 5.81. The van der Waals surface area contributed by atoms with Gasteiger partial charge in [0.2, 0.25) is 5.91 Å². The van der Waals surface area contributed by atoms with Gasteiger partial charge in [-0.05, 0) is 38.0 Å². The van der Waals surface area contributed by atoms with Crippen LogP contribution in [0.15, 0.2) is 18.2 Å². The molecule has 4 heteroatoms. The Morgan fingerprint density at radius 3 is 2.82 bits per heavy atom. The van der Waals surface area contributed by atoms with Crippen LogP contribution in [0.25, 0.3) is 0 Å². The minimum atomic E-state index is -0.128. The molecular weight excluding hydrogens is 216 g/mol. The monoisotopic (exact) mass is 230 g/mol. The zero-order chi connectivity index (χ0) is 12.0. The van der Waals surface area contributed by atoms with E-state index in [2.05, 4.69) is 10.2 Å². The van der Waals surface area contributed by atoms with Gasteiger partial charge in [-0.2, -0.15) is 0 Å². The Balaban J connectivity index is 2.08. The Kier molecular flexibility index (Phi) is 2.18. The quantitative estimate of drug-likeness (QED) is 0.788. The summed E-state index contributed by atoms with van der Waals surface area (Å²) in [5.41, 5.74) is 2.38. The zero-order valence-corrected chi connectivity index (χ0v) is 9.64. The molecule has 1 aliphatic carbocycles.